The summed E-state index contributed by atoms with van der Waals surface area (Å²) in [4.78, 5) is 0. The fourth-order valence-electron chi connectivity index (χ4n) is 2.58. The zero-order chi connectivity index (χ0) is 16.0. The van der Waals surface area contributed by atoms with E-state index in [0.29, 0.717) is 11.6 Å². The average molecular weight is 362 g/mol. The van der Waals surface area contributed by atoms with Crippen molar-refractivity contribution in [1.82, 2.24) is 9.72 Å². The number of phenolic OH excluding ortho intramolecular Hbond substituents is 1. The fourth-order valence-corrected chi connectivity index (χ4v) is 3.19. The summed E-state index contributed by atoms with van der Waals surface area (Å²) >= 11 is 3.63. The van der Waals surface area contributed by atoms with Crippen molar-refractivity contribution in [2.75, 3.05) is 5.73 Å². The third-order valence-electron chi connectivity index (χ3n) is 3.75. The van der Waals surface area contributed by atoms with E-state index >= 15 is 0 Å². The predicted molar refractivity (Wildman–Crippen MR) is 89.3 cm³/mol. The van der Waals surface area contributed by atoms with Gasteiger partial charge in [-0.2, -0.15) is 0 Å². The van der Waals surface area contributed by atoms with E-state index in [9.17, 15) is 5.11 Å². The summed E-state index contributed by atoms with van der Waals surface area (Å²) in [5, 5.41) is 13.5. The van der Waals surface area contributed by atoms with Crippen molar-refractivity contribution in [3.05, 3.63) is 45.8 Å². The Bertz CT molecular complexity index is 828. The van der Waals surface area contributed by atoms with E-state index in [1.807, 2.05) is 37.5 Å². The van der Waals surface area contributed by atoms with Crippen LogP contribution in [-0.4, -0.2) is 14.8 Å². The maximum absolute atomic E-state index is 9.51. The first kappa shape index (κ1) is 14.7. The van der Waals surface area contributed by atoms with Crippen LogP contribution in [0.3, 0.4) is 0 Å². The van der Waals surface area contributed by atoms with Gasteiger partial charge in [0.2, 0.25) is 0 Å². The van der Waals surface area contributed by atoms with Gasteiger partial charge in [0, 0.05) is 10.0 Å². The standard InChI is InChI=1S/C16H16BrN3O2/c1-8-13(17)15(11-4-6-12(21)7-5-11)20(16(8)18)14-9(2)19-22-10(14)3/h4-7,21H,18H2,1-3H3. The largest absolute Gasteiger partial charge is 0.508 e. The topological polar surface area (TPSA) is 77.2 Å². The first-order chi connectivity index (χ1) is 10.4. The molecule has 114 valence electrons. The number of nitrogens with two attached hydrogens (primary N) is 1. The summed E-state index contributed by atoms with van der Waals surface area (Å²) in [5.41, 5.74) is 10.7. The van der Waals surface area contributed by atoms with Crippen molar-refractivity contribution in [2.45, 2.75) is 20.8 Å². The second-order valence-corrected chi connectivity index (χ2v) is 6.02. The molecular formula is C16H16BrN3O2. The Kier molecular flexibility index (Phi) is 3.48. The summed E-state index contributed by atoms with van der Waals surface area (Å²) < 4.78 is 8.13. The number of hydrogen-bond acceptors (Lipinski definition) is 4. The van der Waals surface area contributed by atoms with Crippen LogP contribution in [0.25, 0.3) is 16.9 Å². The minimum absolute atomic E-state index is 0.222. The van der Waals surface area contributed by atoms with E-state index < -0.39 is 0 Å². The molecule has 0 unspecified atom stereocenters. The average Bonchev–Trinajstić information content (AvgIpc) is 2.92. The van der Waals surface area contributed by atoms with Crippen LogP contribution in [0.5, 0.6) is 5.75 Å². The molecule has 3 rings (SSSR count). The summed E-state index contributed by atoms with van der Waals surface area (Å²) in [6.07, 6.45) is 0. The van der Waals surface area contributed by atoms with E-state index in [1.165, 1.54) is 0 Å². The first-order valence-electron chi connectivity index (χ1n) is 6.80. The second kappa shape index (κ2) is 5.21. The van der Waals surface area contributed by atoms with E-state index in [-0.39, 0.29) is 5.75 Å². The molecule has 0 amide bonds. The van der Waals surface area contributed by atoms with Gasteiger partial charge in [0.1, 0.15) is 22.9 Å². The number of benzene rings is 1. The van der Waals surface area contributed by atoms with Crippen LogP contribution in [-0.2, 0) is 0 Å². The molecule has 0 bridgehead atoms. The number of halogens is 1. The molecule has 0 aliphatic rings. The molecular weight excluding hydrogens is 346 g/mol. The lowest BCUT2D eigenvalue weighted by atomic mass is 10.1. The van der Waals surface area contributed by atoms with Crippen LogP contribution in [0.15, 0.2) is 33.3 Å². The monoisotopic (exact) mass is 361 g/mol. The molecule has 0 aliphatic heterocycles. The molecule has 0 fully saturated rings. The molecule has 0 aliphatic carbocycles. The highest BCUT2D eigenvalue weighted by Crippen LogP contribution is 2.41. The number of aryl methyl sites for hydroxylation is 2. The number of anilines is 1. The minimum Gasteiger partial charge on any atom is -0.508 e. The molecule has 5 nitrogen and oxygen atoms in total. The lowest BCUT2D eigenvalue weighted by Gasteiger charge is -2.11. The van der Waals surface area contributed by atoms with E-state index in [2.05, 4.69) is 21.1 Å². The highest BCUT2D eigenvalue weighted by atomic mass is 79.9. The van der Waals surface area contributed by atoms with Gasteiger partial charge < -0.3 is 15.4 Å². The molecule has 0 spiro atoms. The second-order valence-electron chi connectivity index (χ2n) is 5.23. The number of nitrogens with zero attached hydrogens (tertiary/aromatic N) is 2. The summed E-state index contributed by atoms with van der Waals surface area (Å²) in [7, 11) is 0. The predicted octanol–water partition coefficient (Wildman–Crippen LogP) is 4.11. The quantitative estimate of drug-likeness (QED) is 0.719. The molecule has 0 saturated heterocycles. The van der Waals surface area contributed by atoms with Gasteiger partial charge in [-0.05, 0) is 66.5 Å². The van der Waals surface area contributed by atoms with Crippen LogP contribution in [0.2, 0.25) is 0 Å². The number of phenols is 1. The van der Waals surface area contributed by atoms with Gasteiger partial charge >= 0.3 is 0 Å². The van der Waals surface area contributed by atoms with Crippen molar-refractivity contribution in [1.29, 1.82) is 0 Å². The molecule has 2 aromatic heterocycles. The molecule has 1 aromatic carbocycles. The van der Waals surface area contributed by atoms with E-state index in [0.717, 1.165) is 32.7 Å². The Morgan fingerprint density at radius 2 is 1.82 bits per heavy atom. The summed E-state index contributed by atoms with van der Waals surface area (Å²) in [6.45, 7) is 5.70. The van der Waals surface area contributed by atoms with Gasteiger partial charge in [0.05, 0.1) is 5.69 Å². The zero-order valence-corrected chi connectivity index (χ0v) is 14.1. The number of hydrogen-bond donors (Lipinski definition) is 2. The Hall–Kier alpha value is -2.21. The van der Waals surface area contributed by atoms with Gasteiger partial charge in [-0.3, -0.25) is 4.57 Å². The Morgan fingerprint density at radius 3 is 2.36 bits per heavy atom. The first-order valence-corrected chi connectivity index (χ1v) is 7.60. The summed E-state index contributed by atoms with van der Waals surface area (Å²) in [5.74, 6) is 1.55. The Balaban J connectivity index is 2.36. The Labute approximate surface area is 136 Å². The molecule has 2 heterocycles. The van der Waals surface area contributed by atoms with Crippen molar-refractivity contribution >= 4 is 21.7 Å². The van der Waals surface area contributed by atoms with Crippen molar-refractivity contribution < 1.29 is 9.63 Å². The van der Waals surface area contributed by atoms with Gasteiger partial charge in [0.15, 0.2) is 5.76 Å². The van der Waals surface area contributed by atoms with Gasteiger partial charge in [-0.1, -0.05) is 5.16 Å². The molecule has 0 saturated carbocycles. The molecule has 0 radical (unpaired) electrons. The summed E-state index contributed by atoms with van der Waals surface area (Å²) in [6, 6.07) is 7.00. The minimum atomic E-state index is 0.222. The number of aromatic hydroxyl groups is 1. The highest BCUT2D eigenvalue weighted by Gasteiger charge is 2.23. The lowest BCUT2D eigenvalue weighted by Crippen LogP contribution is -2.04. The normalized spacial score (nSPS) is 11.1. The van der Waals surface area contributed by atoms with Crippen LogP contribution >= 0.6 is 15.9 Å². The van der Waals surface area contributed by atoms with Crippen molar-refractivity contribution in [3.63, 3.8) is 0 Å². The van der Waals surface area contributed by atoms with Gasteiger partial charge in [0.25, 0.3) is 0 Å². The maximum Gasteiger partial charge on any atom is 0.157 e. The van der Waals surface area contributed by atoms with Crippen LogP contribution in [0.4, 0.5) is 5.82 Å². The third kappa shape index (κ3) is 2.11. The third-order valence-corrected chi connectivity index (χ3v) is 4.72. The Morgan fingerprint density at radius 1 is 1.18 bits per heavy atom. The SMILES string of the molecule is Cc1noc(C)c1-n1c(N)c(C)c(Br)c1-c1ccc(O)cc1. The van der Waals surface area contributed by atoms with E-state index in [4.69, 9.17) is 10.3 Å². The molecule has 3 aromatic rings. The number of aromatic nitrogens is 2. The molecule has 6 heteroatoms. The van der Waals surface area contributed by atoms with Gasteiger partial charge in [-0.15, -0.1) is 0 Å². The van der Waals surface area contributed by atoms with Crippen molar-refractivity contribution in [3.8, 4) is 22.7 Å². The van der Waals surface area contributed by atoms with Crippen LogP contribution in [0, 0.1) is 20.8 Å². The molecule has 22 heavy (non-hydrogen) atoms. The highest BCUT2D eigenvalue weighted by molar-refractivity contribution is 9.10. The maximum atomic E-state index is 9.51. The van der Waals surface area contributed by atoms with Crippen LogP contribution in [0.1, 0.15) is 17.0 Å². The van der Waals surface area contributed by atoms with Crippen molar-refractivity contribution in [2.24, 2.45) is 0 Å². The smallest absolute Gasteiger partial charge is 0.157 e. The zero-order valence-electron chi connectivity index (χ0n) is 12.5. The van der Waals surface area contributed by atoms with E-state index in [1.54, 1.807) is 12.1 Å². The van der Waals surface area contributed by atoms with Gasteiger partial charge in [-0.25, -0.2) is 0 Å². The number of nitrogen functional groups attached to an aromatic ring is 1. The van der Waals surface area contributed by atoms with Crippen LogP contribution < -0.4 is 5.73 Å². The lowest BCUT2D eigenvalue weighted by molar-refractivity contribution is 0.393. The number of rotatable bonds is 2. The fraction of sp³-hybridized carbons (Fsp3) is 0.188. The molecule has 3 N–H and O–H groups in total. The molecule has 0 atom stereocenters.